The Labute approximate surface area is 162 Å². The molecule has 0 radical (unpaired) electrons. The van der Waals surface area contributed by atoms with E-state index in [0.29, 0.717) is 5.69 Å². The molecule has 0 saturated carbocycles. The molecule has 2 aromatic carbocycles. The number of hydrogen-bond donors (Lipinski definition) is 4. The second-order valence-electron chi connectivity index (χ2n) is 6.20. The Morgan fingerprint density at radius 3 is 2.39 bits per heavy atom. The van der Waals surface area contributed by atoms with Crippen molar-refractivity contribution >= 4 is 11.8 Å². The number of rotatable bonds is 7. The Morgan fingerprint density at radius 2 is 1.71 bits per heavy atom. The van der Waals surface area contributed by atoms with Gasteiger partial charge in [0, 0.05) is 24.6 Å². The molecule has 0 spiro atoms. The summed E-state index contributed by atoms with van der Waals surface area (Å²) in [4.78, 5) is 24.9. The molecule has 1 atom stereocenters. The lowest BCUT2D eigenvalue weighted by Gasteiger charge is -2.17. The van der Waals surface area contributed by atoms with Gasteiger partial charge >= 0.3 is 0 Å². The summed E-state index contributed by atoms with van der Waals surface area (Å²) in [6.45, 7) is -0.287. The predicted octanol–water partition coefficient (Wildman–Crippen LogP) is 1.59. The van der Waals surface area contributed by atoms with Gasteiger partial charge in [-0.1, -0.05) is 30.3 Å². The Morgan fingerprint density at radius 1 is 1.00 bits per heavy atom. The number of aromatic hydroxyl groups is 1. The number of phenols is 1. The third-order valence-electron chi connectivity index (χ3n) is 4.24. The molecule has 4 N–H and O–H groups in total. The van der Waals surface area contributed by atoms with Crippen LogP contribution in [0.1, 0.15) is 15.9 Å². The van der Waals surface area contributed by atoms with Crippen LogP contribution in [0.4, 0.5) is 0 Å². The molecular weight excluding hydrogens is 358 g/mol. The number of carbonyl (C=O) groups excluding carboxylic acids is 2. The molecule has 0 bridgehead atoms. The zero-order valence-electron chi connectivity index (χ0n) is 15.1. The Kier molecular flexibility index (Phi) is 6.08. The van der Waals surface area contributed by atoms with Crippen LogP contribution in [0, 0.1) is 0 Å². The van der Waals surface area contributed by atoms with Crippen LogP contribution in [-0.4, -0.2) is 39.2 Å². The van der Waals surface area contributed by atoms with Crippen LogP contribution < -0.4 is 10.6 Å². The summed E-state index contributed by atoms with van der Waals surface area (Å²) in [6, 6.07) is 16.4. The number of carbonyl (C=O) groups is 2. The van der Waals surface area contributed by atoms with Crippen molar-refractivity contribution in [3.05, 3.63) is 84.2 Å². The van der Waals surface area contributed by atoms with Crippen molar-refractivity contribution in [1.29, 1.82) is 0 Å². The lowest BCUT2D eigenvalue weighted by molar-refractivity contribution is -0.124. The quantitative estimate of drug-likeness (QED) is 0.500. The summed E-state index contributed by atoms with van der Waals surface area (Å²) in [6.07, 6.45) is 3.61. The molecule has 144 valence electrons. The van der Waals surface area contributed by atoms with E-state index in [2.05, 4.69) is 10.6 Å². The molecule has 1 heterocycles. The van der Waals surface area contributed by atoms with Gasteiger partial charge in [-0.15, -0.1) is 0 Å². The number of aliphatic hydroxyl groups is 1. The fourth-order valence-corrected chi connectivity index (χ4v) is 2.71. The van der Waals surface area contributed by atoms with Gasteiger partial charge in [0.25, 0.3) is 5.91 Å². The lowest BCUT2D eigenvalue weighted by Crippen LogP contribution is -2.48. The fourth-order valence-electron chi connectivity index (χ4n) is 2.71. The number of amides is 2. The molecule has 28 heavy (non-hydrogen) atoms. The molecule has 3 aromatic rings. The molecular formula is C21H21N3O4. The molecule has 1 aromatic heterocycles. The van der Waals surface area contributed by atoms with Gasteiger partial charge in [-0.25, -0.2) is 0 Å². The largest absolute Gasteiger partial charge is 0.507 e. The van der Waals surface area contributed by atoms with Gasteiger partial charge < -0.3 is 25.4 Å². The van der Waals surface area contributed by atoms with Gasteiger partial charge in [0.1, 0.15) is 11.8 Å². The highest BCUT2D eigenvalue weighted by molar-refractivity contribution is 6.00. The number of hydrogen-bond acceptors (Lipinski definition) is 4. The number of nitrogens with zero attached hydrogens (tertiary/aromatic N) is 1. The monoisotopic (exact) mass is 379 g/mol. The van der Waals surface area contributed by atoms with Crippen LogP contribution in [-0.2, 0) is 11.3 Å². The first-order valence-corrected chi connectivity index (χ1v) is 8.78. The minimum Gasteiger partial charge on any atom is -0.507 e. The average molecular weight is 379 g/mol. The van der Waals surface area contributed by atoms with Gasteiger partial charge in [-0.05, 0) is 35.9 Å². The van der Waals surface area contributed by atoms with Crippen molar-refractivity contribution in [2.24, 2.45) is 0 Å². The first kappa shape index (κ1) is 19.2. The van der Waals surface area contributed by atoms with E-state index >= 15 is 0 Å². The SMILES string of the molecule is O=C(N[C@@H](CO)C(=O)NCc1ccccc1)c1cc(-n2cccc2)ccc1O. The van der Waals surface area contributed by atoms with Crippen molar-refractivity contribution in [3.63, 3.8) is 0 Å². The number of nitrogens with one attached hydrogen (secondary N) is 2. The molecule has 0 aliphatic heterocycles. The molecule has 0 aliphatic carbocycles. The van der Waals surface area contributed by atoms with E-state index in [9.17, 15) is 19.8 Å². The third-order valence-corrected chi connectivity index (χ3v) is 4.24. The molecule has 0 unspecified atom stereocenters. The second kappa shape index (κ2) is 8.88. The zero-order valence-corrected chi connectivity index (χ0v) is 15.1. The summed E-state index contributed by atoms with van der Waals surface area (Å²) < 4.78 is 1.78. The smallest absolute Gasteiger partial charge is 0.255 e. The lowest BCUT2D eigenvalue weighted by atomic mass is 10.1. The first-order valence-electron chi connectivity index (χ1n) is 8.78. The highest BCUT2D eigenvalue weighted by Crippen LogP contribution is 2.21. The minimum atomic E-state index is -1.13. The number of aromatic nitrogens is 1. The number of phenolic OH excluding ortho intramolecular Hbond substituents is 1. The van der Waals surface area contributed by atoms with Gasteiger partial charge in [-0.3, -0.25) is 9.59 Å². The zero-order chi connectivity index (χ0) is 19.9. The summed E-state index contributed by atoms with van der Waals surface area (Å²) in [7, 11) is 0. The van der Waals surface area contributed by atoms with E-state index in [1.54, 1.807) is 10.6 Å². The molecule has 0 aliphatic rings. The minimum absolute atomic E-state index is 0.0144. The van der Waals surface area contributed by atoms with E-state index in [4.69, 9.17) is 0 Å². The van der Waals surface area contributed by atoms with E-state index in [1.165, 1.54) is 12.1 Å². The summed E-state index contributed by atoms with van der Waals surface area (Å²) in [5.74, 6) is -1.38. The summed E-state index contributed by atoms with van der Waals surface area (Å²) >= 11 is 0. The molecule has 3 rings (SSSR count). The van der Waals surface area contributed by atoms with Crippen molar-refractivity contribution in [2.45, 2.75) is 12.6 Å². The highest BCUT2D eigenvalue weighted by Gasteiger charge is 2.22. The van der Waals surface area contributed by atoms with Crippen molar-refractivity contribution in [1.82, 2.24) is 15.2 Å². The molecule has 0 fully saturated rings. The average Bonchev–Trinajstić information content (AvgIpc) is 3.26. The molecule has 7 heteroatoms. The van der Waals surface area contributed by atoms with Gasteiger partial charge in [0.05, 0.1) is 12.2 Å². The maximum atomic E-state index is 12.6. The second-order valence-corrected chi connectivity index (χ2v) is 6.20. The summed E-state index contributed by atoms with van der Waals surface area (Å²) in [5.41, 5.74) is 1.60. The topological polar surface area (TPSA) is 104 Å². The van der Waals surface area contributed by atoms with Crippen LogP contribution in [0.3, 0.4) is 0 Å². The van der Waals surface area contributed by atoms with Gasteiger partial charge in [-0.2, -0.15) is 0 Å². The maximum absolute atomic E-state index is 12.6. The third kappa shape index (κ3) is 4.57. The van der Waals surface area contributed by atoms with Crippen molar-refractivity contribution in [3.8, 4) is 11.4 Å². The van der Waals surface area contributed by atoms with Crippen LogP contribution in [0.5, 0.6) is 5.75 Å². The maximum Gasteiger partial charge on any atom is 0.255 e. The Hall–Kier alpha value is -3.58. The number of aliphatic hydroxyl groups excluding tert-OH is 1. The predicted molar refractivity (Wildman–Crippen MR) is 104 cm³/mol. The van der Waals surface area contributed by atoms with Crippen LogP contribution in [0.15, 0.2) is 73.1 Å². The van der Waals surface area contributed by atoms with E-state index in [0.717, 1.165) is 5.56 Å². The first-order chi connectivity index (χ1) is 13.6. The van der Waals surface area contributed by atoms with Gasteiger partial charge in [0.15, 0.2) is 0 Å². The highest BCUT2D eigenvalue weighted by atomic mass is 16.3. The van der Waals surface area contributed by atoms with Crippen LogP contribution in [0.25, 0.3) is 5.69 Å². The summed E-state index contributed by atoms with van der Waals surface area (Å²) in [5, 5.41) is 24.7. The Balaban J connectivity index is 1.68. The van der Waals surface area contributed by atoms with E-state index < -0.39 is 24.5 Å². The van der Waals surface area contributed by atoms with E-state index in [1.807, 2.05) is 54.9 Å². The van der Waals surface area contributed by atoms with Crippen LogP contribution in [0.2, 0.25) is 0 Å². The normalized spacial score (nSPS) is 11.6. The van der Waals surface area contributed by atoms with E-state index in [-0.39, 0.29) is 17.9 Å². The fraction of sp³-hybridized carbons (Fsp3) is 0.143. The molecule has 7 nitrogen and oxygen atoms in total. The molecule has 0 saturated heterocycles. The van der Waals surface area contributed by atoms with Crippen molar-refractivity contribution < 1.29 is 19.8 Å². The Bertz CT molecular complexity index is 940. The van der Waals surface area contributed by atoms with Crippen LogP contribution >= 0.6 is 0 Å². The van der Waals surface area contributed by atoms with Crippen molar-refractivity contribution in [2.75, 3.05) is 6.61 Å². The van der Waals surface area contributed by atoms with Gasteiger partial charge in [0.2, 0.25) is 5.91 Å². The molecule has 2 amide bonds. The number of benzene rings is 2. The standard InChI is InChI=1S/C21H21N3O4/c25-14-18(21(28)22-13-15-6-2-1-3-7-15)23-20(27)17-12-16(8-9-19(17)26)24-10-4-5-11-24/h1-12,18,25-26H,13-14H2,(H,22,28)(H,23,27)/t18-/m0/s1.